The number of carbonyl (C=O) groups is 1. The van der Waals surface area contributed by atoms with Gasteiger partial charge in [-0.05, 0) is 90.5 Å². The summed E-state index contributed by atoms with van der Waals surface area (Å²) >= 11 is 8.49. The fraction of sp³-hybridized carbons (Fsp3) is 0.844. The largest absolute Gasteiger partial charge is 0.481 e. The fourth-order valence-electron chi connectivity index (χ4n) is 9.00. The Labute approximate surface area is 268 Å². The predicted molar refractivity (Wildman–Crippen MR) is 168 cm³/mol. The number of thioether (sulfide) groups is 1. The maximum absolute atomic E-state index is 14.5. The number of aryl methyl sites for hydroxylation is 2. The highest BCUT2D eigenvalue weighted by atomic mass is 35.5. The van der Waals surface area contributed by atoms with E-state index in [1.54, 1.807) is 23.4 Å². The molecule has 0 bridgehead atoms. The Morgan fingerprint density at radius 2 is 2.05 bits per heavy atom. The second kappa shape index (κ2) is 13.1. The number of ether oxygens (including phenoxy) is 1. The highest BCUT2D eigenvalue weighted by molar-refractivity contribution is 8.00. The Bertz CT molecular complexity index is 1290. The molecule has 1 aromatic rings. The molecule has 0 spiro atoms. The zero-order valence-corrected chi connectivity index (χ0v) is 27.6. The van der Waals surface area contributed by atoms with Gasteiger partial charge < -0.3 is 15.2 Å². The lowest BCUT2D eigenvalue weighted by molar-refractivity contribution is -0.142. The molecule has 1 aromatic heterocycles. The zero-order valence-electron chi connectivity index (χ0n) is 26.0. The lowest BCUT2D eigenvalue weighted by atomic mass is 9.70. The van der Waals surface area contributed by atoms with E-state index >= 15 is 0 Å². The molecule has 9 unspecified atom stereocenters. The number of halogens is 3. The van der Waals surface area contributed by atoms with E-state index in [2.05, 4.69) is 12.2 Å². The summed E-state index contributed by atoms with van der Waals surface area (Å²) in [6.07, 6.45) is 6.27. The van der Waals surface area contributed by atoms with E-state index in [-0.39, 0.29) is 58.7 Å². The number of hydrogen-bond donors (Lipinski definition) is 2. The molecule has 0 amide bonds. The summed E-state index contributed by atoms with van der Waals surface area (Å²) in [5.41, 5.74) is 1.38. The second-order valence-electron chi connectivity index (χ2n) is 14.0. The van der Waals surface area contributed by atoms with Crippen molar-refractivity contribution >= 4 is 29.3 Å². The van der Waals surface area contributed by atoms with Crippen LogP contribution >= 0.6 is 23.4 Å². The number of piperidine rings is 1. The van der Waals surface area contributed by atoms with Crippen LogP contribution in [-0.4, -0.2) is 91.8 Å². The highest BCUT2D eigenvalue weighted by Crippen LogP contribution is 2.48. The number of aromatic nitrogens is 2. The number of likely N-dealkylation sites (N-methyl/N-ethyl adjacent to an activating group) is 1. The van der Waals surface area contributed by atoms with Crippen molar-refractivity contribution in [2.24, 2.45) is 17.8 Å². The van der Waals surface area contributed by atoms with E-state index in [0.29, 0.717) is 61.9 Å². The molecule has 5 aliphatic rings. The highest BCUT2D eigenvalue weighted by Gasteiger charge is 2.52. The normalized spacial score (nSPS) is 38.4. The summed E-state index contributed by atoms with van der Waals surface area (Å²) < 4.78 is 37.3. The van der Waals surface area contributed by atoms with Gasteiger partial charge in [0, 0.05) is 46.5 Å². The van der Waals surface area contributed by atoms with Gasteiger partial charge in [0.05, 0.1) is 36.9 Å². The lowest BCUT2D eigenvalue weighted by Gasteiger charge is -2.47. The summed E-state index contributed by atoms with van der Waals surface area (Å²) in [5, 5.41) is 13.7. The number of carboxylic acids is 1. The van der Waals surface area contributed by atoms with E-state index in [4.69, 9.17) is 21.3 Å². The quantitative estimate of drug-likeness (QED) is 0.395. The van der Waals surface area contributed by atoms with Gasteiger partial charge in [-0.3, -0.25) is 19.1 Å². The Morgan fingerprint density at radius 3 is 2.77 bits per heavy atom. The van der Waals surface area contributed by atoms with Crippen LogP contribution in [-0.2, 0) is 28.9 Å². The second-order valence-corrected chi connectivity index (χ2v) is 15.8. The van der Waals surface area contributed by atoms with Crippen LogP contribution in [0.2, 0.25) is 0 Å². The third kappa shape index (κ3) is 6.34. The molecular weight excluding hydrogens is 610 g/mol. The third-order valence-corrected chi connectivity index (χ3v) is 13.3. The minimum atomic E-state index is -2.68. The molecule has 6 rings (SSSR count). The molecule has 2 N–H and O–H groups in total. The number of alkyl halides is 3. The van der Waals surface area contributed by atoms with Crippen molar-refractivity contribution in [1.29, 1.82) is 0 Å². The standard InChI is InChI=1S/C32H47ClF2N4O4S/c1-17-13-22(29-28(36-17)24(16-44-29)31(41)42)21-14-19(33)6-9-26(21)43-12-11-39-18(2)37-25-8-7-20(15-23(25)30(39)40)38(3)27-5-4-10-32(27,34)35/h17,19-22,24,26-29,36H,4-16H2,1-3H3,(H,41,42)/t17?,19?,20-,21?,22?,24?,26?,27?,28?,29?/m0/s1. The van der Waals surface area contributed by atoms with Gasteiger partial charge in [-0.25, -0.2) is 13.8 Å². The molecule has 2 aliphatic heterocycles. The van der Waals surface area contributed by atoms with Crippen LogP contribution in [0.4, 0.5) is 8.78 Å². The molecule has 3 aliphatic carbocycles. The van der Waals surface area contributed by atoms with Gasteiger partial charge in [0.15, 0.2) is 0 Å². The first-order valence-electron chi connectivity index (χ1n) is 16.5. The van der Waals surface area contributed by atoms with E-state index in [1.165, 1.54) is 0 Å². The number of aliphatic carboxylic acids is 1. The van der Waals surface area contributed by atoms with Crippen molar-refractivity contribution in [3.05, 3.63) is 27.4 Å². The number of carboxylic acid groups (broad SMARTS) is 1. The summed E-state index contributed by atoms with van der Waals surface area (Å²) in [6.45, 7) is 4.74. The molecule has 0 radical (unpaired) electrons. The van der Waals surface area contributed by atoms with E-state index in [0.717, 1.165) is 37.8 Å². The minimum absolute atomic E-state index is 0.00173. The van der Waals surface area contributed by atoms with Gasteiger partial charge in [-0.15, -0.1) is 11.6 Å². The summed E-state index contributed by atoms with van der Waals surface area (Å²) in [4.78, 5) is 32.3. The molecule has 2 saturated heterocycles. The maximum Gasteiger partial charge on any atom is 0.308 e. The van der Waals surface area contributed by atoms with Crippen molar-refractivity contribution < 1.29 is 23.4 Å². The van der Waals surface area contributed by atoms with Crippen LogP contribution in [0.5, 0.6) is 0 Å². The van der Waals surface area contributed by atoms with Crippen LogP contribution in [0, 0.1) is 24.7 Å². The lowest BCUT2D eigenvalue weighted by Crippen LogP contribution is -2.57. The van der Waals surface area contributed by atoms with Gasteiger partial charge in [-0.1, -0.05) is 0 Å². The molecule has 10 atom stereocenters. The molecular formula is C32H47ClF2N4O4S. The molecule has 12 heteroatoms. The number of rotatable bonds is 8. The minimum Gasteiger partial charge on any atom is -0.481 e. The average molecular weight is 657 g/mol. The molecule has 4 fully saturated rings. The van der Waals surface area contributed by atoms with Crippen molar-refractivity contribution in [2.45, 2.75) is 131 Å². The first-order valence-corrected chi connectivity index (χ1v) is 18.0. The Balaban J connectivity index is 1.14. The molecule has 2 saturated carbocycles. The average Bonchev–Trinajstić information content (AvgIpc) is 3.57. The number of nitrogens with one attached hydrogen (secondary N) is 1. The van der Waals surface area contributed by atoms with Gasteiger partial charge in [0.1, 0.15) is 5.82 Å². The van der Waals surface area contributed by atoms with Crippen LogP contribution in [0.3, 0.4) is 0 Å². The monoisotopic (exact) mass is 656 g/mol. The smallest absolute Gasteiger partial charge is 0.308 e. The zero-order chi connectivity index (χ0) is 31.3. The Hall–Kier alpha value is -1.27. The summed E-state index contributed by atoms with van der Waals surface area (Å²) in [6, 6.07) is -0.692. The van der Waals surface area contributed by atoms with Crippen LogP contribution in [0.1, 0.15) is 75.4 Å². The van der Waals surface area contributed by atoms with Crippen LogP contribution in [0.25, 0.3) is 0 Å². The van der Waals surface area contributed by atoms with Crippen LogP contribution in [0.15, 0.2) is 4.79 Å². The van der Waals surface area contributed by atoms with Crippen molar-refractivity contribution in [3.63, 3.8) is 0 Å². The topological polar surface area (TPSA) is 96.7 Å². The van der Waals surface area contributed by atoms with E-state index in [9.17, 15) is 23.5 Å². The SMILES string of the molecule is Cc1nc2c(c(=O)n1CCOC1CCC(Cl)CC1C1CC(C)NC3C(C(=O)O)CSC13)C[C@@H](N(C)C1CCCC1(F)F)CC2. The molecule has 3 heterocycles. The van der Waals surface area contributed by atoms with E-state index in [1.807, 2.05) is 11.8 Å². The van der Waals surface area contributed by atoms with Crippen molar-refractivity contribution in [1.82, 2.24) is 19.8 Å². The van der Waals surface area contributed by atoms with E-state index < -0.39 is 17.9 Å². The molecule has 0 aromatic carbocycles. The number of nitrogens with zero attached hydrogens (tertiary/aromatic N) is 3. The summed E-state index contributed by atoms with van der Waals surface area (Å²) in [5.74, 6) is -1.97. The number of hydrogen-bond acceptors (Lipinski definition) is 7. The predicted octanol–water partition coefficient (Wildman–Crippen LogP) is 4.50. The van der Waals surface area contributed by atoms with Crippen molar-refractivity contribution in [2.75, 3.05) is 19.4 Å². The van der Waals surface area contributed by atoms with Gasteiger partial charge in [-0.2, -0.15) is 11.8 Å². The molecule has 44 heavy (non-hydrogen) atoms. The third-order valence-electron chi connectivity index (χ3n) is 11.3. The Morgan fingerprint density at radius 1 is 1.25 bits per heavy atom. The molecule has 8 nitrogen and oxygen atoms in total. The van der Waals surface area contributed by atoms with Crippen LogP contribution < -0.4 is 10.9 Å². The van der Waals surface area contributed by atoms with Crippen molar-refractivity contribution in [3.8, 4) is 0 Å². The van der Waals surface area contributed by atoms with Gasteiger partial charge >= 0.3 is 5.97 Å². The van der Waals surface area contributed by atoms with Gasteiger partial charge in [0.2, 0.25) is 0 Å². The first-order chi connectivity index (χ1) is 20.9. The number of fused-ring (bicyclic) bond motifs is 2. The van der Waals surface area contributed by atoms with Gasteiger partial charge in [0.25, 0.3) is 11.5 Å². The molecule has 246 valence electrons. The summed E-state index contributed by atoms with van der Waals surface area (Å²) in [7, 11) is 1.79. The Kier molecular flexibility index (Phi) is 9.72. The first kappa shape index (κ1) is 32.7. The fourth-order valence-corrected chi connectivity index (χ4v) is 11.1. The maximum atomic E-state index is 14.5.